The Balaban J connectivity index is 1.82. The number of hydrogen-bond donors (Lipinski definition) is 2. The summed E-state index contributed by atoms with van der Waals surface area (Å²) in [6.45, 7) is 8.83. The Bertz CT molecular complexity index is 1040. The SMILES string of the molecule is CCNC(=O)N(CC(=O)Nc1cc(C(C)(C)C)nn1-c1ccccc1)Cc1ccccc1. The van der Waals surface area contributed by atoms with Gasteiger partial charge in [0.2, 0.25) is 5.91 Å². The zero-order valence-electron chi connectivity index (χ0n) is 19.1. The molecule has 0 aliphatic rings. The number of amides is 3. The van der Waals surface area contributed by atoms with Gasteiger partial charge in [0.05, 0.1) is 11.4 Å². The number of urea groups is 1. The normalized spacial score (nSPS) is 11.1. The van der Waals surface area contributed by atoms with Gasteiger partial charge in [-0.3, -0.25) is 4.79 Å². The average molecular weight is 434 g/mol. The molecule has 168 valence electrons. The van der Waals surface area contributed by atoms with Crippen LogP contribution < -0.4 is 10.6 Å². The van der Waals surface area contributed by atoms with E-state index in [2.05, 4.69) is 31.4 Å². The lowest BCUT2D eigenvalue weighted by Gasteiger charge is -2.22. The van der Waals surface area contributed by atoms with E-state index in [9.17, 15) is 9.59 Å². The Labute approximate surface area is 189 Å². The highest BCUT2D eigenvalue weighted by Crippen LogP contribution is 2.26. The van der Waals surface area contributed by atoms with Crippen molar-refractivity contribution in [3.05, 3.63) is 78.0 Å². The zero-order valence-corrected chi connectivity index (χ0v) is 19.1. The number of aromatic nitrogens is 2. The minimum absolute atomic E-state index is 0.0778. The van der Waals surface area contributed by atoms with Crippen molar-refractivity contribution in [3.8, 4) is 5.69 Å². The van der Waals surface area contributed by atoms with Gasteiger partial charge in [-0.15, -0.1) is 0 Å². The quantitative estimate of drug-likeness (QED) is 0.582. The van der Waals surface area contributed by atoms with E-state index in [1.54, 1.807) is 4.68 Å². The van der Waals surface area contributed by atoms with Crippen LogP contribution in [0.25, 0.3) is 5.69 Å². The van der Waals surface area contributed by atoms with Crippen molar-refractivity contribution >= 4 is 17.8 Å². The summed E-state index contributed by atoms with van der Waals surface area (Å²) in [6, 6.07) is 20.9. The zero-order chi connectivity index (χ0) is 23.1. The molecule has 0 atom stereocenters. The first-order chi connectivity index (χ1) is 15.3. The molecule has 1 aromatic heterocycles. The molecule has 7 heteroatoms. The topological polar surface area (TPSA) is 79.3 Å². The van der Waals surface area contributed by atoms with Crippen LogP contribution in [0.5, 0.6) is 0 Å². The van der Waals surface area contributed by atoms with Crippen LogP contribution in [-0.2, 0) is 16.8 Å². The van der Waals surface area contributed by atoms with Gasteiger partial charge in [0.25, 0.3) is 0 Å². The maximum atomic E-state index is 13.0. The Morgan fingerprint density at radius 1 is 1.00 bits per heavy atom. The Hall–Kier alpha value is -3.61. The summed E-state index contributed by atoms with van der Waals surface area (Å²) in [7, 11) is 0. The van der Waals surface area contributed by atoms with Crippen LogP contribution in [0.2, 0.25) is 0 Å². The third-order valence-corrected chi connectivity index (χ3v) is 4.91. The second kappa shape index (κ2) is 10.1. The number of nitrogens with one attached hydrogen (secondary N) is 2. The van der Waals surface area contributed by atoms with Crippen molar-refractivity contribution in [2.45, 2.75) is 39.7 Å². The number of nitrogens with zero attached hydrogens (tertiary/aromatic N) is 3. The van der Waals surface area contributed by atoms with Crippen LogP contribution in [-0.4, -0.2) is 39.7 Å². The molecular formula is C25H31N5O2. The highest BCUT2D eigenvalue weighted by molar-refractivity contribution is 5.94. The van der Waals surface area contributed by atoms with Gasteiger partial charge in [-0.25, -0.2) is 9.48 Å². The molecule has 32 heavy (non-hydrogen) atoms. The van der Waals surface area contributed by atoms with Crippen LogP contribution in [0, 0.1) is 0 Å². The Kier molecular flexibility index (Phi) is 7.30. The third-order valence-electron chi connectivity index (χ3n) is 4.91. The Morgan fingerprint density at radius 2 is 1.62 bits per heavy atom. The first-order valence-corrected chi connectivity index (χ1v) is 10.8. The smallest absolute Gasteiger partial charge is 0.318 e. The molecule has 0 unspecified atom stereocenters. The number of rotatable bonds is 7. The predicted octanol–water partition coefficient (Wildman–Crippen LogP) is 4.34. The van der Waals surface area contributed by atoms with Crippen LogP contribution >= 0.6 is 0 Å². The van der Waals surface area contributed by atoms with Gasteiger partial charge < -0.3 is 15.5 Å². The van der Waals surface area contributed by atoms with Crippen LogP contribution in [0.4, 0.5) is 10.6 Å². The number of para-hydroxylation sites is 1. The highest BCUT2D eigenvalue weighted by Gasteiger charge is 2.23. The molecule has 3 amide bonds. The van der Waals surface area contributed by atoms with Gasteiger partial charge in [-0.1, -0.05) is 69.3 Å². The fraction of sp³-hybridized carbons (Fsp3) is 0.320. The van der Waals surface area contributed by atoms with Crippen molar-refractivity contribution < 1.29 is 9.59 Å². The van der Waals surface area contributed by atoms with Crippen molar-refractivity contribution in [2.24, 2.45) is 0 Å². The van der Waals surface area contributed by atoms with E-state index in [4.69, 9.17) is 5.10 Å². The largest absolute Gasteiger partial charge is 0.338 e. The van der Waals surface area contributed by atoms with E-state index in [0.29, 0.717) is 18.9 Å². The summed E-state index contributed by atoms with van der Waals surface area (Å²) < 4.78 is 1.73. The standard InChI is InChI=1S/C25H31N5O2/c1-5-26-24(32)29(17-19-12-8-6-9-13-19)18-23(31)27-22-16-21(25(2,3)4)28-30(22)20-14-10-7-11-15-20/h6-16H,5,17-18H2,1-4H3,(H,26,32)(H,27,31). The fourth-order valence-corrected chi connectivity index (χ4v) is 3.22. The molecule has 0 spiro atoms. The fourth-order valence-electron chi connectivity index (χ4n) is 3.22. The number of benzene rings is 2. The molecule has 1 heterocycles. The molecule has 0 radical (unpaired) electrons. The Morgan fingerprint density at radius 3 is 2.22 bits per heavy atom. The predicted molar refractivity (Wildman–Crippen MR) is 127 cm³/mol. The minimum Gasteiger partial charge on any atom is -0.338 e. The third kappa shape index (κ3) is 5.97. The summed E-state index contributed by atoms with van der Waals surface area (Å²) >= 11 is 0. The van der Waals surface area contributed by atoms with Crippen LogP contribution in [0.15, 0.2) is 66.7 Å². The maximum Gasteiger partial charge on any atom is 0.318 e. The molecule has 0 saturated carbocycles. The molecule has 3 rings (SSSR count). The molecule has 2 N–H and O–H groups in total. The minimum atomic E-state index is -0.287. The first-order valence-electron chi connectivity index (χ1n) is 10.8. The molecule has 0 aliphatic heterocycles. The number of anilines is 1. The number of carbonyl (C=O) groups is 2. The van der Waals surface area contributed by atoms with Gasteiger partial charge in [0, 0.05) is 24.6 Å². The van der Waals surface area contributed by atoms with Crippen molar-refractivity contribution in [1.82, 2.24) is 20.0 Å². The lowest BCUT2D eigenvalue weighted by atomic mass is 9.92. The monoisotopic (exact) mass is 433 g/mol. The summed E-state index contributed by atoms with van der Waals surface area (Å²) in [4.78, 5) is 27.1. The summed E-state index contributed by atoms with van der Waals surface area (Å²) in [5.74, 6) is 0.284. The lowest BCUT2D eigenvalue weighted by molar-refractivity contribution is -0.116. The van der Waals surface area contributed by atoms with Gasteiger partial charge in [0.1, 0.15) is 12.4 Å². The molecule has 0 saturated heterocycles. The summed E-state index contributed by atoms with van der Waals surface area (Å²) in [5, 5.41) is 10.5. The second-order valence-corrected chi connectivity index (χ2v) is 8.64. The van der Waals surface area contributed by atoms with Crippen molar-refractivity contribution in [2.75, 3.05) is 18.4 Å². The maximum absolute atomic E-state index is 13.0. The van der Waals surface area contributed by atoms with Gasteiger partial charge in [-0.2, -0.15) is 5.10 Å². The van der Waals surface area contributed by atoms with E-state index in [1.807, 2.05) is 73.7 Å². The second-order valence-electron chi connectivity index (χ2n) is 8.64. The van der Waals surface area contributed by atoms with Gasteiger partial charge in [0.15, 0.2) is 0 Å². The van der Waals surface area contributed by atoms with Crippen LogP contribution in [0.1, 0.15) is 39.0 Å². The molecule has 0 aliphatic carbocycles. The average Bonchev–Trinajstić information content (AvgIpc) is 3.19. The molecule has 0 bridgehead atoms. The van der Waals surface area contributed by atoms with Crippen molar-refractivity contribution in [1.29, 1.82) is 0 Å². The van der Waals surface area contributed by atoms with E-state index in [-0.39, 0.29) is 23.9 Å². The lowest BCUT2D eigenvalue weighted by Crippen LogP contribution is -2.43. The van der Waals surface area contributed by atoms with Crippen molar-refractivity contribution in [3.63, 3.8) is 0 Å². The number of carbonyl (C=O) groups excluding carboxylic acids is 2. The molecule has 7 nitrogen and oxygen atoms in total. The first kappa shape index (κ1) is 23.1. The highest BCUT2D eigenvalue weighted by atomic mass is 16.2. The van der Waals surface area contributed by atoms with E-state index in [1.165, 1.54) is 4.90 Å². The molecule has 0 fully saturated rings. The van der Waals surface area contributed by atoms with E-state index >= 15 is 0 Å². The number of hydrogen-bond acceptors (Lipinski definition) is 3. The van der Waals surface area contributed by atoms with Gasteiger partial charge in [-0.05, 0) is 24.6 Å². The molecule has 2 aromatic carbocycles. The molecular weight excluding hydrogens is 402 g/mol. The summed E-state index contributed by atoms with van der Waals surface area (Å²) in [6.07, 6.45) is 0. The van der Waals surface area contributed by atoms with Gasteiger partial charge >= 0.3 is 6.03 Å². The summed E-state index contributed by atoms with van der Waals surface area (Å²) in [5.41, 5.74) is 2.49. The van der Waals surface area contributed by atoms with Crippen LogP contribution in [0.3, 0.4) is 0 Å². The van der Waals surface area contributed by atoms with E-state index < -0.39 is 0 Å². The van der Waals surface area contributed by atoms with E-state index in [0.717, 1.165) is 16.9 Å². The molecule has 3 aromatic rings.